The topological polar surface area (TPSA) is 64.0 Å². The van der Waals surface area contributed by atoms with Gasteiger partial charge in [-0.15, -0.1) is 10.2 Å². The Labute approximate surface area is 159 Å². The van der Waals surface area contributed by atoms with E-state index in [2.05, 4.69) is 37.5 Å². The Hall–Kier alpha value is -1.99. The van der Waals surface area contributed by atoms with Crippen molar-refractivity contribution in [1.82, 2.24) is 20.1 Å². The van der Waals surface area contributed by atoms with E-state index in [0.717, 1.165) is 61.9 Å². The molecule has 1 saturated heterocycles. The minimum Gasteiger partial charge on any atom is -0.376 e. The van der Waals surface area contributed by atoms with Gasteiger partial charge >= 0.3 is 0 Å². The molecule has 1 aromatic carbocycles. The number of ether oxygens (including phenoxy) is 1. The smallest absolute Gasteiger partial charge is 0.170 e. The normalized spacial score (nSPS) is 19.6. The van der Waals surface area contributed by atoms with Crippen molar-refractivity contribution in [2.24, 2.45) is 0 Å². The van der Waals surface area contributed by atoms with Gasteiger partial charge in [0.15, 0.2) is 10.9 Å². The molecule has 2 N–H and O–H groups in total. The quantitative estimate of drug-likeness (QED) is 0.805. The van der Waals surface area contributed by atoms with Crippen LogP contribution in [0.1, 0.15) is 37.9 Å². The van der Waals surface area contributed by atoms with Crippen LogP contribution in [0.3, 0.4) is 0 Å². The van der Waals surface area contributed by atoms with Crippen LogP contribution in [0.25, 0.3) is 11.4 Å². The van der Waals surface area contributed by atoms with Gasteiger partial charge in [0.1, 0.15) is 5.82 Å². The van der Waals surface area contributed by atoms with E-state index >= 15 is 0 Å². The monoisotopic (exact) mass is 371 g/mol. The maximum Gasteiger partial charge on any atom is 0.170 e. The third-order valence-electron chi connectivity index (χ3n) is 5.02. The van der Waals surface area contributed by atoms with Crippen molar-refractivity contribution >= 4 is 23.0 Å². The predicted molar refractivity (Wildman–Crippen MR) is 106 cm³/mol. The van der Waals surface area contributed by atoms with Crippen molar-refractivity contribution in [2.45, 2.75) is 51.2 Å². The lowest BCUT2D eigenvalue weighted by atomic mass is 10.2. The zero-order valence-electron chi connectivity index (χ0n) is 14.9. The van der Waals surface area contributed by atoms with Crippen molar-refractivity contribution < 1.29 is 4.74 Å². The fraction of sp³-hybridized carbons (Fsp3) is 0.526. The first-order valence-electron chi connectivity index (χ1n) is 9.48. The van der Waals surface area contributed by atoms with Crippen LogP contribution in [0.2, 0.25) is 0 Å². The standard InChI is InChI=1S/C19H25N5OS/c26-19(20-13-16-5-4-12-25-16)21-15-9-7-14(8-10-15)18-23-22-17-6-2-1-3-11-24(17)18/h7-10,16H,1-6,11-13H2,(H2,20,21,26)/t16-/m0/s1. The molecule has 2 aromatic rings. The number of hydrogen-bond donors (Lipinski definition) is 2. The summed E-state index contributed by atoms with van der Waals surface area (Å²) < 4.78 is 7.87. The molecule has 0 aliphatic carbocycles. The number of aromatic nitrogens is 3. The number of nitrogens with zero attached hydrogens (tertiary/aromatic N) is 3. The molecule has 1 fully saturated rings. The molecule has 4 rings (SSSR count). The van der Waals surface area contributed by atoms with Crippen LogP contribution >= 0.6 is 12.2 Å². The van der Waals surface area contributed by atoms with Crippen LogP contribution in [0.4, 0.5) is 5.69 Å². The molecule has 0 bridgehead atoms. The summed E-state index contributed by atoms with van der Waals surface area (Å²) in [5, 5.41) is 15.9. The molecule has 0 spiro atoms. The van der Waals surface area contributed by atoms with Crippen molar-refractivity contribution in [2.75, 3.05) is 18.5 Å². The van der Waals surface area contributed by atoms with E-state index in [0.29, 0.717) is 5.11 Å². The fourth-order valence-corrected chi connectivity index (χ4v) is 3.79. The molecule has 2 aliphatic rings. The van der Waals surface area contributed by atoms with Crippen LogP contribution in [-0.4, -0.2) is 39.1 Å². The summed E-state index contributed by atoms with van der Waals surface area (Å²) in [7, 11) is 0. The number of benzene rings is 1. The van der Waals surface area contributed by atoms with Gasteiger partial charge in [-0.05, 0) is 62.2 Å². The Kier molecular flexibility index (Phi) is 5.45. The molecule has 0 saturated carbocycles. The van der Waals surface area contributed by atoms with Crippen molar-refractivity contribution in [3.05, 3.63) is 30.1 Å². The van der Waals surface area contributed by atoms with Gasteiger partial charge in [-0.3, -0.25) is 0 Å². The molecule has 26 heavy (non-hydrogen) atoms. The van der Waals surface area contributed by atoms with E-state index in [1.807, 2.05) is 12.1 Å². The average molecular weight is 372 g/mol. The number of thiocarbonyl (C=S) groups is 1. The first kappa shape index (κ1) is 17.4. The van der Waals surface area contributed by atoms with Gasteiger partial charge in [-0.25, -0.2) is 0 Å². The lowest BCUT2D eigenvalue weighted by Gasteiger charge is -2.14. The van der Waals surface area contributed by atoms with Crippen LogP contribution in [-0.2, 0) is 17.7 Å². The summed E-state index contributed by atoms with van der Waals surface area (Å²) in [5.74, 6) is 2.08. The van der Waals surface area contributed by atoms with Crippen molar-refractivity contribution in [3.8, 4) is 11.4 Å². The van der Waals surface area contributed by atoms with Crippen molar-refractivity contribution in [3.63, 3.8) is 0 Å². The molecule has 0 amide bonds. The Bertz CT molecular complexity index is 752. The molecule has 3 heterocycles. The third kappa shape index (κ3) is 4.04. The lowest BCUT2D eigenvalue weighted by molar-refractivity contribution is 0.114. The summed E-state index contributed by atoms with van der Waals surface area (Å²) in [6.07, 6.45) is 7.21. The second kappa shape index (κ2) is 8.14. The molecule has 1 aromatic heterocycles. The fourth-order valence-electron chi connectivity index (χ4n) is 3.59. The Morgan fingerprint density at radius 3 is 2.85 bits per heavy atom. The largest absolute Gasteiger partial charge is 0.376 e. The average Bonchev–Trinajstić information content (AvgIpc) is 3.26. The molecular formula is C19H25N5OS. The number of fused-ring (bicyclic) bond motifs is 1. The van der Waals surface area contributed by atoms with Gasteiger partial charge in [0.05, 0.1) is 6.10 Å². The zero-order valence-corrected chi connectivity index (χ0v) is 15.7. The SMILES string of the molecule is S=C(NC[C@@H]1CCCO1)Nc1ccc(-c2nnc3n2CCCCC3)cc1. The van der Waals surface area contributed by atoms with Gasteiger partial charge in [0, 0.05) is 37.4 Å². The van der Waals surface area contributed by atoms with E-state index in [4.69, 9.17) is 17.0 Å². The highest BCUT2D eigenvalue weighted by atomic mass is 32.1. The van der Waals surface area contributed by atoms with Crippen LogP contribution in [0, 0.1) is 0 Å². The number of nitrogens with one attached hydrogen (secondary N) is 2. The number of rotatable bonds is 4. The second-order valence-electron chi connectivity index (χ2n) is 6.95. The zero-order chi connectivity index (χ0) is 17.8. The highest BCUT2D eigenvalue weighted by molar-refractivity contribution is 7.80. The van der Waals surface area contributed by atoms with Crippen LogP contribution < -0.4 is 10.6 Å². The van der Waals surface area contributed by atoms with Crippen LogP contribution in [0.5, 0.6) is 0 Å². The van der Waals surface area contributed by atoms with Crippen molar-refractivity contribution in [1.29, 1.82) is 0 Å². The van der Waals surface area contributed by atoms with Gasteiger partial charge in [0.25, 0.3) is 0 Å². The molecule has 1 atom stereocenters. The molecule has 138 valence electrons. The van der Waals surface area contributed by atoms with E-state index in [1.165, 1.54) is 19.3 Å². The number of hydrogen-bond acceptors (Lipinski definition) is 4. The minimum atomic E-state index is 0.278. The van der Waals surface area contributed by atoms with E-state index in [1.54, 1.807) is 0 Å². The lowest BCUT2D eigenvalue weighted by Crippen LogP contribution is -2.34. The Morgan fingerprint density at radius 2 is 2.04 bits per heavy atom. The summed E-state index contributed by atoms with van der Waals surface area (Å²) in [5.41, 5.74) is 2.06. The first-order chi connectivity index (χ1) is 12.8. The van der Waals surface area contributed by atoms with Gasteiger partial charge < -0.3 is 19.9 Å². The van der Waals surface area contributed by atoms with Crippen LogP contribution in [0.15, 0.2) is 24.3 Å². The summed E-state index contributed by atoms with van der Waals surface area (Å²) in [6.45, 7) is 2.63. The summed E-state index contributed by atoms with van der Waals surface area (Å²) in [6, 6.07) is 8.22. The molecule has 0 unspecified atom stereocenters. The van der Waals surface area contributed by atoms with E-state index < -0.39 is 0 Å². The van der Waals surface area contributed by atoms with E-state index in [9.17, 15) is 0 Å². The maximum absolute atomic E-state index is 5.60. The van der Waals surface area contributed by atoms with Gasteiger partial charge in [0.2, 0.25) is 0 Å². The molecule has 0 radical (unpaired) electrons. The molecular weight excluding hydrogens is 346 g/mol. The number of anilines is 1. The van der Waals surface area contributed by atoms with Gasteiger partial charge in [-0.2, -0.15) is 0 Å². The molecule has 7 heteroatoms. The Morgan fingerprint density at radius 1 is 1.15 bits per heavy atom. The predicted octanol–water partition coefficient (Wildman–Crippen LogP) is 3.14. The molecule has 2 aliphatic heterocycles. The Balaban J connectivity index is 1.37. The third-order valence-corrected chi connectivity index (χ3v) is 5.27. The first-order valence-corrected chi connectivity index (χ1v) is 9.89. The summed E-state index contributed by atoms with van der Waals surface area (Å²) >= 11 is 5.37. The summed E-state index contributed by atoms with van der Waals surface area (Å²) in [4.78, 5) is 0. The maximum atomic E-state index is 5.60. The highest BCUT2D eigenvalue weighted by Crippen LogP contribution is 2.24. The van der Waals surface area contributed by atoms with Gasteiger partial charge in [-0.1, -0.05) is 6.42 Å². The number of aryl methyl sites for hydroxylation is 1. The minimum absolute atomic E-state index is 0.278. The van der Waals surface area contributed by atoms with E-state index in [-0.39, 0.29) is 6.10 Å². The molecule has 6 nitrogen and oxygen atoms in total. The highest BCUT2D eigenvalue weighted by Gasteiger charge is 2.17. The second-order valence-corrected chi connectivity index (χ2v) is 7.36.